The number of piperidine rings is 1. The largest absolute Gasteiger partial charge is 0.375 e. The monoisotopic (exact) mass is 330 g/mol. The predicted molar refractivity (Wildman–Crippen MR) is 95.0 cm³/mol. The van der Waals surface area contributed by atoms with E-state index in [2.05, 4.69) is 20.4 Å². The molecular formula is C15H18N6OS. The van der Waals surface area contributed by atoms with Gasteiger partial charge in [0, 0.05) is 19.3 Å². The van der Waals surface area contributed by atoms with Gasteiger partial charge in [-0.1, -0.05) is 6.07 Å². The minimum atomic E-state index is -0.162. The predicted octanol–water partition coefficient (Wildman–Crippen LogP) is 0.852. The van der Waals surface area contributed by atoms with Crippen LogP contribution < -0.4 is 21.6 Å². The average Bonchev–Trinajstić information content (AvgIpc) is 2.57. The average molecular weight is 330 g/mol. The molecule has 1 saturated heterocycles. The fourth-order valence-corrected chi connectivity index (χ4v) is 2.76. The summed E-state index contributed by atoms with van der Waals surface area (Å²) in [6.45, 7) is 1.78. The van der Waals surface area contributed by atoms with Gasteiger partial charge < -0.3 is 10.6 Å². The second kappa shape index (κ2) is 6.74. The van der Waals surface area contributed by atoms with Crippen molar-refractivity contribution in [2.75, 3.05) is 18.0 Å². The number of hydrogen-bond acceptors (Lipinski definition) is 5. The maximum atomic E-state index is 12.8. The van der Waals surface area contributed by atoms with Crippen molar-refractivity contribution in [2.24, 2.45) is 10.8 Å². The standard InChI is InChI=1S/C15H18N6OS/c16-15(23)19-17-10-11-13(20-7-3-1-4-8-20)18-12-6-2-5-9-21(12)14(11)22/h2,5-6,9-10H,1,3-4,7-8H2,(H3,16,19,23)/b17-10+. The Hall–Kier alpha value is -2.48. The highest BCUT2D eigenvalue weighted by Gasteiger charge is 2.19. The number of aromatic nitrogens is 2. The summed E-state index contributed by atoms with van der Waals surface area (Å²) in [5.41, 5.74) is 8.74. The number of thiocarbonyl (C=S) groups is 1. The van der Waals surface area contributed by atoms with Gasteiger partial charge in [-0.05, 0) is 43.6 Å². The molecule has 0 radical (unpaired) electrons. The second-order valence-corrected chi connectivity index (χ2v) is 5.80. The van der Waals surface area contributed by atoms with Crippen molar-refractivity contribution in [3.05, 3.63) is 40.3 Å². The zero-order valence-corrected chi connectivity index (χ0v) is 13.4. The van der Waals surface area contributed by atoms with Gasteiger partial charge in [-0.3, -0.25) is 14.6 Å². The topological polar surface area (TPSA) is 88.0 Å². The first kappa shape index (κ1) is 15.4. The molecule has 7 nitrogen and oxygen atoms in total. The Bertz CT molecular complexity index is 809. The van der Waals surface area contributed by atoms with Crippen molar-refractivity contribution >= 4 is 35.0 Å². The first-order valence-corrected chi connectivity index (χ1v) is 7.92. The molecule has 1 aliphatic heterocycles. The van der Waals surface area contributed by atoms with Crippen LogP contribution in [0.1, 0.15) is 24.8 Å². The summed E-state index contributed by atoms with van der Waals surface area (Å²) < 4.78 is 1.51. The van der Waals surface area contributed by atoms with E-state index in [-0.39, 0.29) is 10.7 Å². The lowest BCUT2D eigenvalue weighted by Crippen LogP contribution is -2.34. The zero-order valence-electron chi connectivity index (χ0n) is 12.6. The summed E-state index contributed by atoms with van der Waals surface area (Å²) in [5.74, 6) is 0.661. The number of fused-ring (bicyclic) bond motifs is 1. The van der Waals surface area contributed by atoms with Crippen molar-refractivity contribution in [3.8, 4) is 0 Å². The van der Waals surface area contributed by atoms with E-state index in [4.69, 9.17) is 18.0 Å². The van der Waals surface area contributed by atoms with E-state index in [1.807, 2.05) is 12.1 Å². The summed E-state index contributed by atoms with van der Waals surface area (Å²) in [6, 6.07) is 5.48. The van der Waals surface area contributed by atoms with Gasteiger partial charge in [0.1, 0.15) is 17.0 Å². The molecule has 0 atom stereocenters. The molecule has 3 heterocycles. The van der Waals surface area contributed by atoms with Crippen LogP contribution in [-0.4, -0.2) is 33.8 Å². The first-order valence-electron chi connectivity index (χ1n) is 7.51. The van der Waals surface area contributed by atoms with Crippen LogP contribution in [0, 0.1) is 0 Å². The lowest BCUT2D eigenvalue weighted by molar-refractivity contribution is 0.573. The van der Waals surface area contributed by atoms with Crippen molar-refractivity contribution in [2.45, 2.75) is 19.3 Å². The van der Waals surface area contributed by atoms with E-state index < -0.39 is 0 Å². The molecule has 0 unspecified atom stereocenters. The van der Waals surface area contributed by atoms with Crippen LogP contribution in [0.15, 0.2) is 34.3 Å². The minimum Gasteiger partial charge on any atom is -0.375 e. The Balaban J connectivity index is 2.12. The number of anilines is 1. The molecule has 2 aromatic rings. The highest BCUT2D eigenvalue weighted by molar-refractivity contribution is 7.80. The van der Waals surface area contributed by atoms with Crippen molar-refractivity contribution in [1.82, 2.24) is 14.8 Å². The van der Waals surface area contributed by atoms with E-state index in [1.165, 1.54) is 17.0 Å². The Labute approximate surface area is 138 Å². The molecule has 0 bridgehead atoms. The molecule has 0 spiro atoms. The van der Waals surface area contributed by atoms with Gasteiger partial charge in [-0.15, -0.1) is 0 Å². The molecule has 120 valence electrons. The lowest BCUT2D eigenvalue weighted by atomic mass is 10.1. The summed E-state index contributed by atoms with van der Waals surface area (Å²) in [7, 11) is 0. The molecule has 0 aromatic carbocycles. The molecule has 1 aliphatic rings. The molecule has 2 aromatic heterocycles. The van der Waals surface area contributed by atoms with E-state index in [0.717, 1.165) is 25.9 Å². The van der Waals surface area contributed by atoms with Gasteiger partial charge in [-0.25, -0.2) is 4.98 Å². The van der Waals surface area contributed by atoms with Gasteiger partial charge in [0.25, 0.3) is 5.56 Å². The highest BCUT2D eigenvalue weighted by Crippen LogP contribution is 2.19. The van der Waals surface area contributed by atoms with E-state index in [9.17, 15) is 4.79 Å². The minimum absolute atomic E-state index is 0.0506. The SMILES string of the molecule is NC(=S)N/N=C/c1c(N2CCCCC2)nc2ccccn2c1=O. The Morgan fingerprint density at radius 3 is 2.87 bits per heavy atom. The number of hydrazone groups is 1. The molecular weight excluding hydrogens is 312 g/mol. The molecule has 23 heavy (non-hydrogen) atoms. The fourth-order valence-electron chi connectivity index (χ4n) is 2.71. The van der Waals surface area contributed by atoms with Crippen molar-refractivity contribution in [1.29, 1.82) is 0 Å². The normalized spacial score (nSPS) is 15.2. The number of rotatable bonds is 3. The smallest absolute Gasteiger partial charge is 0.268 e. The first-order chi connectivity index (χ1) is 11.2. The molecule has 1 fully saturated rings. The molecule has 3 rings (SSSR count). The maximum absolute atomic E-state index is 12.8. The number of nitrogens with two attached hydrogens (primary N) is 1. The molecule has 0 aliphatic carbocycles. The van der Waals surface area contributed by atoms with Crippen LogP contribution in [0.3, 0.4) is 0 Å². The number of hydrogen-bond donors (Lipinski definition) is 2. The van der Waals surface area contributed by atoms with Crippen LogP contribution in [0.25, 0.3) is 5.65 Å². The molecule has 0 amide bonds. The molecule has 3 N–H and O–H groups in total. The maximum Gasteiger partial charge on any atom is 0.268 e. The van der Waals surface area contributed by atoms with Crippen LogP contribution >= 0.6 is 12.2 Å². The Morgan fingerprint density at radius 2 is 2.13 bits per heavy atom. The summed E-state index contributed by atoms with van der Waals surface area (Å²) in [6.07, 6.45) is 6.53. The summed E-state index contributed by atoms with van der Waals surface area (Å²) in [5, 5.41) is 3.99. The third-order valence-electron chi connectivity index (χ3n) is 3.77. The van der Waals surface area contributed by atoms with Crippen LogP contribution in [0.4, 0.5) is 5.82 Å². The zero-order chi connectivity index (χ0) is 16.2. The Kier molecular flexibility index (Phi) is 4.52. The summed E-state index contributed by atoms with van der Waals surface area (Å²) in [4.78, 5) is 19.6. The molecule has 0 saturated carbocycles. The van der Waals surface area contributed by atoms with E-state index in [0.29, 0.717) is 17.0 Å². The Morgan fingerprint density at radius 1 is 1.35 bits per heavy atom. The third kappa shape index (κ3) is 3.31. The quantitative estimate of drug-likeness (QED) is 0.493. The number of nitrogens with zero attached hydrogens (tertiary/aromatic N) is 4. The number of nitrogens with one attached hydrogen (secondary N) is 1. The van der Waals surface area contributed by atoms with Crippen molar-refractivity contribution in [3.63, 3.8) is 0 Å². The number of pyridine rings is 1. The third-order valence-corrected chi connectivity index (χ3v) is 3.86. The molecule has 8 heteroatoms. The van der Waals surface area contributed by atoms with E-state index in [1.54, 1.807) is 12.3 Å². The van der Waals surface area contributed by atoms with Gasteiger partial charge in [0.2, 0.25) is 0 Å². The van der Waals surface area contributed by atoms with Crippen LogP contribution in [0.2, 0.25) is 0 Å². The van der Waals surface area contributed by atoms with E-state index >= 15 is 0 Å². The summed E-state index contributed by atoms with van der Waals surface area (Å²) >= 11 is 4.72. The van der Waals surface area contributed by atoms with Crippen LogP contribution in [-0.2, 0) is 0 Å². The van der Waals surface area contributed by atoms with Gasteiger partial charge in [0.15, 0.2) is 5.11 Å². The highest BCUT2D eigenvalue weighted by atomic mass is 32.1. The van der Waals surface area contributed by atoms with Gasteiger partial charge in [-0.2, -0.15) is 5.10 Å². The van der Waals surface area contributed by atoms with Gasteiger partial charge >= 0.3 is 0 Å². The lowest BCUT2D eigenvalue weighted by Gasteiger charge is -2.28. The van der Waals surface area contributed by atoms with Crippen LogP contribution in [0.5, 0.6) is 0 Å². The second-order valence-electron chi connectivity index (χ2n) is 5.37. The van der Waals surface area contributed by atoms with Crippen molar-refractivity contribution < 1.29 is 0 Å². The fraction of sp³-hybridized carbons (Fsp3) is 0.333. The van der Waals surface area contributed by atoms with Gasteiger partial charge in [0.05, 0.1) is 6.21 Å².